The van der Waals surface area contributed by atoms with Gasteiger partial charge in [0.2, 0.25) is 5.91 Å². The number of nitrogens with one attached hydrogen (secondary N) is 1. The van der Waals surface area contributed by atoms with Gasteiger partial charge in [-0.05, 0) is 54.5 Å². The zero-order chi connectivity index (χ0) is 27.3. The Bertz CT molecular complexity index is 931. The number of carbonyl (C=O) groups is 2. The number of phenols is 1. The fraction of sp³-hybridized carbons (Fsp3) is 0.529. The smallest absolute Gasteiger partial charge is 0.248 e. The van der Waals surface area contributed by atoms with Crippen LogP contribution in [0.5, 0.6) is 5.75 Å². The molecule has 2 N–H and O–H groups in total. The largest absolute Gasteiger partial charge is 0.508 e. The Morgan fingerprint density at radius 2 is 1.13 bits per heavy atom. The fourth-order valence-electron chi connectivity index (χ4n) is 4.66. The van der Waals surface area contributed by atoms with E-state index in [-0.39, 0.29) is 17.4 Å². The van der Waals surface area contributed by atoms with Gasteiger partial charge in [-0.2, -0.15) is 0 Å². The summed E-state index contributed by atoms with van der Waals surface area (Å²) in [6.07, 6.45) is 24.9. The number of anilines is 1. The minimum absolute atomic E-state index is 0.167. The van der Waals surface area contributed by atoms with Crippen molar-refractivity contribution in [3.8, 4) is 5.75 Å². The number of hydrogen-bond acceptors (Lipinski definition) is 3. The zero-order valence-corrected chi connectivity index (χ0v) is 23.6. The molecule has 4 heteroatoms. The van der Waals surface area contributed by atoms with Crippen molar-refractivity contribution in [2.24, 2.45) is 0 Å². The average molecular weight is 520 g/mol. The average Bonchev–Trinajstić information content (AvgIpc) is 2.93. The molecule has 2 rings (SSSR count). The predicted molar refractivity (Wildman–Crippen MR) is 161 cm³/mol. The predicted octanol–water partition coefficient (Wildman–Crippen LogP) is 9.88. The SMILES string of the molecule is CCCCCCCCCCCCCCCCCCC(=O)c1ccc(NC(=O)/C=C/c2ccc(O)cc2)cc1. The highest BCUT2D eigenvalue weighted by Gasteiger charge is 2.06. The number of ketones is 1. The molecular formula is C34H49NO3. The van der Waals surface area contributed by atoms with Crippen LogP contribution in [0.3, 0.4) is 0 Å². The van der Waals surface area contributed by atoms with E-state index in [0.29, 0.717) is 17.7 Å². The molecule has 2 aromatic rings. The number of unbranched alkanes of at least 4 members (excludes halogenated alkanes) is 15. The summed E-state index contributed by atoms with van der Waals surface area (Å²) >= 11 is 0. The molecule has 0 atom stereocenters. The van der Waals surface area contributed by atoms with Gasteiger partial charge in [0.15, 0.2) is 5.78 Å². The van der Waals surface area contributed by atoms with Crippen molar-refractivity contribution < 1.29 is 14.7 Å². The summed E-state index contributed by atoms with van der Waals surface area (Å²) in [5.74, 6) is 0.113. The van der Waals surface area contributed by atoms with Gasteiger partial charge < -0.3 is 10.4 Å². The van der Waals surface area contributed by atoms with Crippen molar-refractivity contribution in [1.29, 1.82) is 0 Å². The number of rotatable bonds is 21. The molecule has 0 bridgehead atoms. The van der Waals surface area contributed by atoms with Crippen LogP contribution in [0.25, 0.3) is 6.08 Å². The van der Waals surface area contributed by atoms with E-state index in [1.54, 1.807) is 54.6 Å². The van der Waals surface area contributed by atoms with E-state index in [4.69, 9.17) is 0 Å². The molecule has 0 saturated heterocycles. The van der Waals surface area contributed by atoms with Crippen LogP contribution in [0.4, 0.5) is 5.69 Å². The first kappa shape index (κ1) is 31.3. The molecule has 38 heavy (non-hydrogen) atoms. The van der Waals surface area contributed by atoms with Crippen molar-refractivity contribution in [3.63, 3.8) is 0 Å². The van der Waals surface area contributed by atoms with Crippen molar-refractivity contribution in [1.82, 2.24) is 0 Å². The van der Waals surface area contributed by atoms with Crippen LogP contribution in [-0.4, -0.2) is 16.8 Å². The highest BCUT2D eigenvalue weighted by atomic mass is 16.3. The van der Waals surface area contributed by atoms with Crippen LogP contribution >= 0.6 is 0 Å². The van der Waals surface area contributed by atoms with Crippen molar-refractivity contribution in [2.75, 3.05) is 5.32 Å². The maximum atomic E-state index is 12.5. The molecule has 0 unspecified atom stereocenters. The maximum absolute atomic E-state index is 12.5. The molecule has 1 amide bonds. The van der Waals surface area contributed by atoms with E-state index >= 15 is 0 Å². The number of aromatic hydroxyl groups is 1. The highest BCUT2D eigenvalue weighted by Crippen LogP contribution is 2.16. The summed E-state index contributed by atoms with van der Waals surface area (Å²) in [5, 5.41) is 12.1. The highest BCUT2D eigenvalue weighted by molar-refractivity contribution is 6.02. The van der Waals surface area contributed by atoms with Crippen LogP contribution < -0.4 is 5.32 Å². The lowest BCUT2D eigenvalue weighted by Gasteiger charge is -2.05. The van der Waals surface area contributed by atoms with Crippen LogP contribution in [0.1, 0.15) is 132 Å². The molecule has 0 fully saturated rings. The van der Waals surface area contributed by atoms with Gasteiger partial charge in [0.25, 0.3) is 0 Å². The number of amides is 1. The van der Waals surface area contributed by atoms with Crippen molar-refractivity contribution >= 4 is 23.5 Å². The van der Waals surface area contributed by atoms with Crippen LogP contribution in [-0.2, 0) is 4.79 Å². The molecule has 0 aliphatic carbocycles. The van der Waals surface area contributed by atoms with Crippen LogP contribution in [0, 0.1) is 0 Å². The Labute approximate surface area is 230 Å². The molecule has 0 aromatic heterocycles. The normalized spacial score (nSPS) is 11.2. The Kier molecular flexibility index (Phi) is 16.6. The Hall–Kier alpha value is -2.88. The molecule has 208 valence electrons. The number of phenolic OH excluding ortho intramolecular Hbond substituents is 1. The lowest BCUT2D eigenvalue weighted by molar-refractivity contribution is -0.111. The first-order chi connectivity index (χ1) is 18.6. The van der Waals surface area contributed by atoms with E-state index in [9.17, 15) is 14.7 Å². The summed E-state index contributed by atoms with van der Waals surface area (Å²) in [5.41, 5.74) is 2.18. The van der Waals surface area contributed by atoms with Gasteiger partial charge in [0.1, 0.15) is 5.75 Å². The number of Topliss-reactive ketones (excluding diaryl/α,β-unsaturated/α-hetero) is 1. The van der Waals surface area contributed by atoms with Crippen molar-refractivity contribution in [2.45, 2.75) is 116 Å². The number of hydrogen-bond donors (Lipinski definition) is 2. The molecule has 0 radical (unpaired) electrons. The summed E-state index contributed by atoms with van der Waals surface area (Å²) in [4.78, 5) is 24.6. The third-order valence-corrected chi connectivity index (χ3v) is 7.05. The van der Waals surface area contributed by atoms with Gasteiger partial charge in [-0.15, -0.1) is 0 Å². The summed E-state index contributed by atoms with van der Waals surface area (Å²) < 4.78 is 0. The van der Waals surface area contributed by atoms with Gasteiger partial charge in [-0.1, -0.05) is 115 Å². The van der Waals surface area contributed by atoms with E-state index in [1.165, 1.54) is 96.0 Å². The third-order valence-electron chi connectivity index (χ3n) is 7.05. The van der Waals surface area contributed by atoms with Crippen molar-refractivity contribution in [3.05, 3.63) is 65.7 Å². The number of carbonyl (C=O) groups excluding carboxylic acids is 2. The van der Waals surface area contributed by atoms with Crippen LogP contribution in [0.15, 0.2) is 54.6 Å². The quantitative estimate of drug-likeness (QED) is 0.0979. The summed E-state index contributed by atoms with van der Waals surface area (Å²) in [6.45, 7) is 2.27. The first-order valence-corrected chi connectivity index (χ1v) is 15.0. The van der Waals surface area contributed by atoms with Gasteiger partial charge in [-0.25, -0.2) is 0 Å². The van der Waals surface area contributed by atoms with Gasteiger partial charge in [-0.3, -0.25) is 9.59 Å². The topological polar surface area (TPSA) is 66.4 Å². The molecule has 0 spiro atoms. The van der Waals surface area contributed by atoms with E-state index in [0.717, 1.165) is 18.4 Å². The van der Waals surface area contributed by atoms with E-state index < -0.39 is 0 Å². The lowest BCUT2D eigenvalue weighted by Crippen LogP contribution is -2.08. The standard InChI is InChI=1S/C34H49NO3/c1-2-3-4-5-6-7-8-9-10-11-12-13-14-15-16-17-18-33(37)30-22-24-31(25-23-30)35-34(38)28-21-29-19-26-32(36)27-20-29/h19-28,36H,2-18H2,1H3,(H,35,38)/b28-21+. The Balaban J connectivity index is 1.47. The molecule has 0 heterocycles. The molecule has 0 aliphatic heterocycles. The van der Waals surface area contributed by atoms with Crippen LogP contribution in [0.2, 0.25) is 0 Å². The fourth-order valence-corrected chi connectivity index (χ4v) is 4.66. The minimum atomic E-state index is -0.245. The first-order valence-electron chi connectivity index (χ1n) is 15.0. The lowest BCUT2D eigenvalue weighted by atomic mass is 10.0. The van der Waals surface area contributed by atoms with Gasteiger partial charge in [0, 0.05) is 23.7 Å². The molecule has 0 saturated carbocycles. The Morgan fingerprint density at radius 3 is 1.63 bits per heavy atom. The zero-order valence-electron chi connectivity index (χ0n) is 23.6. The second-order valence-electron chi connectivity index (χ2n) is 10.5. The summed E-state index contributed by atoms with van der Waals surface area (Å²) in [7, 11) is 0. The van der Waals surface area contributed by atoms with E-state index in [2.05, 4.69) is 12.2 Å². The van der Waals surface area contributed by atoms with E-state index in [1.807, 2.05) is 0 Å². The number of benzene rings is 2. The Morgan fingerprint density at radius 1 is 0.658 bits per heavy atom. The summed E-state index contributed by atoms with van der Waals surface area (Å²) in [6, 6.07) is 13.7. The molecule has 2 aromatic carbocycles. The van der Waals surface area contributed by atoms with Gasteiger partial charge >= 0.3 is 0 Å². The monoisotopic (exact) mass is 519 g/mol. The maximum Gasteiger partial charge on any atom is 0.248 e. The molecule has 4 nitrogen and oxygen atoms in total. The molecule has 0 aliphatic rings. The van der Waals surface area contributed by atoms with Gasteiger partial charge in [0.05, 0.1) is 0 Å². The minimum Gasteiger partial charge on any atom is -0.508 e. The third kappa shape index (κ3) is 14.8. The second kappa shape index (κ2) is 20.1. The second-order valence-corrected chi connectivity index (χ2v) is 10.5. The molecular weight excluding hydrogens is 470 g/mol.